The predicted octanol–water partition coefficient (Wildman–Crippen LogP) is 3.83. The number of ether oxygens (including phenoxy) is 1. The van der Waals surface area contributed by atoms with E-state index >= 15 is 0 Å². The average molecular weight is 385 g/mol. The summed E-state index contributed by atoms with van der Waals surface area (Å²) in [4.78, 5) is 35.7. The van der Waals surface area contributed by atoms with Gasteiger partial charge in [-0.25, -0.2) is 4.39 Å². The van der Waals surface area contributed by atoms with Crippen molar-refractivity contribution in [2.75, 3.05) is 6.61 Å². The molecule has 1 atom stereocenters. The molecule has 6 heteroatoms. The molecule has 0 unspecified atom stereocenters. The zero-order chi connectivity index (χ0) is 20.7. The van der Waals surface area contributed by atoms with E-state index < -0.39 is 24.3 Å². The summed E-state index contributed by atoms with van der Waals surface area (Å²) in [6.45, 7) is 5.47. The second-order valence-electron chi connectivity index (χ2n) is 6.72. The molecule has 0 spiro atoms. The van der Waals surface area contributed by atoms with E-state index in [-0.39, 0.29) is 24.7 Å². The predicted molar refractivity (Wildman–Crippen MR) is 103 cm³/mol. The third-order valence-electron chi connectivity index (χ3n) is 4.50. The van der Waals surface area contributed by atoms with Crippen molar-refractivity contribution in [1.82, 2.24) is 5.32 Å². The number of amides is 1. The Kier molecular flexibility index (Phi) is 7.44. The number of hydrogen-bond acceptors (Lipinski definition) is 4. The number of benzene rings is 2. The molecule has 2 aromatic rings. The van der Waals surface area contributed by atoms with Gasteiger partial charge in [0.05, 0.1) is 12.5 Å². The lowest BCUT2D eigenvalue weighted by molar-refractivity contribution is -0.148. The highest BCUT2D eigenvalue weighted by molar-refractivity contribution is 5.97. The molecule has 0 heterocycles. The first-order chi connectivity index (χ1) is 13.3. The van der Waals surface area contributed by atoms with E-state index in [1.54, 1.807) is 0 Å². The maximum Gasteiger partial charge on any atom is 0.306 e. The van der Waals surface area contributed by atoms with Gasteiger partial charge in [-0.05, 0) is 61.7 Å². The third-order valence-corrected chi connectivity index (χ3v) is 4.50. The third kappa shape index (κ3) is 6.30. The normalized spacial score (nSPS) is 11.6. The zero-order valence-electron chi connectivity index (χ0n) is 16.3. The first kappa shape index (κ1) is 21.3. The van der Waals surface area contributed by atoms with Gasteiger partial charge in [0.1, 0.15) is 5.82 Å². The molecule has 5 nitrogen and oxygen atoms in total. The number of Topliss-reactive ketones (excluding diaryl/α,β-unsaturated/α-hetero) is 1. The summed E-state index contributed by atoms with van der Waals surface area (Å²) >= 11 is 0. The largest absolute Gasteiger partial charge is 0.456 e. The van der Waals surface area contributed by atoms with Gasteiger partial charge in [0.2, 0.25) is 0 Å². The summed E-state index contributed by atoms with van der Waals surface area (Å²) in [6, 6.07) is 10.8. The molecule has 1 amide bonds. The van der Waals surface area contributed by atoms with Crippen molar-refractivity contribution < 1.29 is 23.5 Å². The molecular weight excluding hydrogens is 361 g/mol. The highest BCUT2D eigenvalue weighted by atomic mass is 19.1. The molecule has 1 N–H and O–H groups in total. The van der Waals surface area contributed by atoms with Crippen molar-refractivity contribution in [3.8, 4) is 0 Å². The second kappa shape index (κ2) is 9.78. The molecule has 2 aromatic carbocycles. The molecule has 0 fully saturated rings. The Balaban J connectivity index is 1.74. The minimum absolute atomic E-state index is 0.0644. The van der Waals surface area contributed by atoms with Gasteiger partial charge >= 0.3 is 5.97 Å². The number of hydrogen-bond donors (Lipinski definition) is 1. The molecule has 2 rings (SSSR count). The lowest BCUT2D eigenvalue weighted by Crippen LogP contribution is -2.31. The number of carbonyl (C=O) groups is 3. The van der Waals surface area contributed by atoms with Gasteiger partial charge in [-0.1, -0.05) is 18.2 Å². The molecule has 0 aliphatic carbocycles. The first-order valence-electron chi connectivity index (χ1n) is 9.07. The van der Waals surface area contributed by atoms with Crippen LogP contribution in [0.25, 0.3) is 0 Å². The Hall–Kier alpha value is -3.02. The second-order valence-corrected chi connectivity index (χ2v) is 6.72. The number of nitrogens with one attached hydrogen (secondary N) is 1. The Labute approximate surface area is 163 Å². The fourth-order valence-electron chi connectivity index (χ4n) is 2.61. The maximum atomic E-state index is 12.9. The van der Waals surface area contributed by atoms with Crippen LogP contribution >= 0.6 is 0 Å². The molecule has 0 aliphatic rings. The summed E-state index contributed by atoms with van der Waals surface area (Å²) < 4.78 is 17.8. The quantitative estimate of drug-likeness (QED) is 0.554. The van der Waals surface area contributed by atoms with Crippen LogP contribution in [0.4, 0.5) is 4.39 Å². The van der Waals surface area contributed by atoms with E-state index in [4.69, 9.17) is 4.74 Å². The first-order valence-corrected chi connectivity index (χ1v) is 9.07. The van der Waals surface area contributed by atoms with Crippen molar-refractivity contribution in [3.63, 3.8) is 0 Å². The van der Waals surface area contributed by atoms with E-state index in [2.05, 4.69) is 5.32 Å². The number of ketones is 1. The van der Waals surface area contributed by atoms with Crippen molar-refractivity contribution in [2.45, 2.75) is 39.7 Å². The summed E-state index contributed by atoms with van der Waals surface area (Å²) in [7, 11) is 0. The highest BCUT2D eigenvalue weighted by Gasteiger charge is 2.14. The summed E-state index contributed by atoms with van der Waals surface area (Å²) in [5.74, 6) is -1.77. The SMILES string of the molecule is Cc1ccc([C@@H](C)NC(=O)COC(=O)CCC(=O)c2ccc(F)cc2)cc1C. The summed E-state index contributed by atoms with van der Waals surface area (Å²) in [5.41, 5.74) is 3.60. The smallest absolute Gasteiger partial charge is 0.306 e. The van der Waals surface area contributed by atoms with E-state index in [9.17, 15) is 18.8 Å². The molecule has 28 heavy (non-hydrogen) atoms. The number of carbonyl (C=O) groups excluding carboxylic acids is 3. The van der Waals surface area contributed by atoms with E-state index in [1.807, 2.05) is 39.0 Å². The van der Waals surface area contributed by atoms with Gasteiger partial charge in [-0.3, -0.25) is 14.4 Å². The van der Waals surface area contributed by atoms with E-state index in [0.717, 1.165) is 11.1 Å². The van der Waals surface area contributed by atoms with Crippen LogP contribution < -0.4 is 5.32 Å². The van der Waals surface area contributed by atoms with Crippen LogP contribution in [0.15, 0.2) is 42.5 Å². The van der Waals surface area contributed by atoms with Crippen molar-refractivity contribution in [1.29, 1.82) is 0 Å². The van der Waals surface area contributed by atoms with Crippen LogP contribution in [0.1, 0.15) is 52.9 Å². The topological polar surface area (TPSA) is 72.5 Å². The lowest BCUT2D eigenvalue weighted by atomic mass is 10.0. The van der Waals surface area contributed by atoms with Crippen LogP contribution in [0.3, 0.4) is 0 Å². The maximum absolute atomic E-state index is 12.9. The van der Waals surface area contributed by atoms with Gasteiger partial charge in [-0.15, -0.1) is 0 Å². The number of aryl methyl sites for hydroxylation is 2. The number of halogens is 1. The summed E-state index contributed by atoms with van der Waals surface area (Å²) in [5, 5.41) is 2.78. The van der Waals surface area contributed by atoms with Crippen LogP contribution in [-0.2, 0) is 14.3 Å². The fraction of sp³-hybridized carbons (Fsp3) is 0.318. The van der Waals surface area contributed by atoms with Gasteiger partial charge in [0.25, 0.3) is 5.91 Å². The monoisotopic (exact) mass is 385 g/mol. The molecule has 0 saturated carbocycles. The van der Waals surface area contributed by atoms with Crippen LogP contribution in [0.2, 0.25) is 0 Å². The molecule has 0 saturated heterocycles. The average Bonchev–Trinajstić information content (AvgIpc) is 2.67. The van der Waals surface area contributed by atoms with Gasteiger partial charge in [-0.2, -0.15) is 0 Å². The Morgan fingerprint density at radius 1 is 1.00 bits per heavy atom. The molecule has 0 aromatic heterocycles. The number of esters is 1. The van der Waals surface area contributed by atoms with Crippen molar-refractivity contribution >= 4 is 17.7 Å². The molecule has 0 bridgehead atoms. The van der Waals surface area contributed by atoms with E-state index in [1.165, 1.54) is 29.8 Å². The molecular formula is C22H24FNO4. The minimum atomic E-state index is -0.635. The van der Waals surface area contributed by atoms with Gasteiger partial charge in [0.15, 0.2) is 12.4 Å². The Morgan fingerprint density at radius 3 is 2.32 bits per heavy atom. The highest BCUT2D eigenvalue weighted by Crippen LogP contribution is 2.16. The summed E-state index contributed by atoms with van der Waals surface area (Å²) in [6.07, 6.45) is -0.207. The van der Waals surface area contributed by atoms with Gasteiger partial charge < -0.3 is 10.1 Å². The van der Waals surface area contributed by atoms with Crippen LogP contribution in [-0.4, -0.2) is 24.3 Å². The van der Waals surface area contributed by atoms with E-state index in [0.29, 0.717) is 5.56 Å². The molecule has 148 valence electrons. The lowest BCUT2D eigenvalue weighted by Gasteiger charge is -2.15. The fourth-order valence-corrected chi connectivity index (χ4v) is 2.61. The Bertz CT molecular complexity index is 861. The van der Waals surface area contributed by atoms with Crippen LogP contribution in [0.5, 0.6) is 0 Å². The molecule has 0 aliphatic heterocycles. The van der Waals surface area contributed by atoms with Crippen molar-refractivity contribution in [2.24, 2.45) is 0 Å². The zero-order valence-corrected chi connectivity index (χ0v) is 16.3. The van der Waals surface area contributed by atoms with Crippen LogP contribution in [0, 0.1) is 19.7 Å². The van der Waals surface area contributed by atoms with Gasteiger partial charge in [0, 0.05) is 12.0 Å². The minimum Gasteiger partial charge on any atom is -0.456 e. The molecule has 0 radical (unpaired) electrons. The standard InChI is InChI=1S/C22H24FNO4/c1-14-4-5-18(12-15(14)2)16(3)24-21(26)13-28-22(27)11-10-20(25)17-6-8-19(23)9-7-17/h4-9,12,16H,10-11,13H2,1-3H3,(H,24,26)/t16-/m1/s1. The number of rotatable bonds is 8. The Morgan fingerprint density at radius 2 is 1.68 bits per heavy atom. The van der Waals surface area contributed by atoms with Crippen molar-refractivity contribution in [3.05, 3.63) is 70.5 Å².